The van der Waals surface area contributed by atoms with Gasteiger partial charge in [-0.3, -0.25) is 4.79 Å². The van der Waals surface area contributed by atoms with Crippen molar-refractivity contribution in [3.05, 3.63) is 96.1 Å². The summed E-state index contributed by atoms with van der Waals surface area (Å²) in [5, 5.41) is 3.33. The van der Waals surface area contributed by atoms with Crippen LogP contribution in [-0.4, -0.2) is 63.2 Å². The largest absolute Gasteiger partial charge is 0.454 e. The number of para-hydroxylation sites is 1. The zero-order chi connectivity index (χ0) is 27.5. The number of nitrogens with zero attached hydrogens (tertiary/aromatic N) is 1. The first-order chi connectivity index (χ1) is 18.7. The molecule has 1 N–H and O–H groups in total. The van der Waals surface area contributed by atoms with E-state index in [-0.39, 0.29) is 29.5 Å². The van der Waals surface area contributed by atoms with Crippen molar-refractivity contribution in [2.24, 2.45) is 5.92 Å². The third-order valence-electron chi connectivity index (χ3n) is 7.67. The van der Waals surface area contributed by atoms with Gasteiger partial charge in [0.2, 0.25) is 5.78 Å². The van der Waals surface area contributed by atoms with Crippen LogP contribution in [0.1, 0.15) is 34.8 Å². The Hall–Kier alpha value is -3.69. The van der Waals surface area contributed by atoms with Crippen LogP contribution in [0.15, 0.2) is 84.9 Å². The van der Waals surface area contributed by atoms with E-state index in [0.717, 1.165) is 43.4 Å². The lowest BCUT2D eigenvalue weighted by molar-refractivity contribution is -0.938. The lowest BCUT2D eigenvalue weighted by Crippen LogP contribution is -2.65. The molecule has 204 valence electrons. The Morgan fingerprint density at radius 2 is 1.54 bits per heavy atom. The number of carbonyl (C=O) groups is 2. The summed E-state index contributed by atoms with van der Waals surface area (Å²) in [5.74, 6) is 0.0996. The molecule has 0 amide bonds. The molecule has 8 nitrogen and oxygen atoms in total. The van der Waals surface area contributed by atoms with E-state index in [9.17, 15) is 18.0 Å². The molecular weight excluding hydrogens is 516 g/mol. The van der Waals surface area contributed by atoms with Crippen molar-refractivity contribution in [2.45, 2.75) is 25.0 Å². The molecule has 1 unspecified atom stereocenters. The summed E-state index contributed by atoms with van der Waals surface area (Å²) >= 11 is 0. The second kappa shape index (κ2) is 11.2. The zero-order valence-electron chi connectivity index (χ0n) is 21.9. The van der Waals surface area contributed by atoms with Gasteiger partial charge < -0.3 is 18.7 Å². The van der Waals surface area contributed by atoms with Crippen molar-refractivity contribution >= 4 is 27.6 Å². The molecule has 2 bridgehead atoms. The summed E-state index contributed by atoms with van der Waals surface area (Å²) in [6, 6.07) is 24.7. The summed E-state index contributed by atoms with van der Waals surface area (Å²) in [6.07, 6.45) is 2.51. The van der Waals surface area contributed by atoms with Crippen LogP contribution in [-0.2, 0) is 19.6 Å². The molecule has 6 rings (SSSR count). The van der Waals surface area contributed by atoms with Crippen LogP contribution in [0, 0.1) is 5.92 Å². The van der Waals surface area contributed by atoms with Gasteiger partial charge in [0.25, 0.3) is 0 Å². The molecule has 3 aromatic rings. The molecule has 3 aliphatic rings. The van der Waals surface area contributed by atoms with Crippen molar-refractivity contribution < 1.29 is 31.4 Å². The Labute approximate surface area is 229 Å². The molecule has 0 radical (unpaired) electrons. The maximum Gasteiger partial charge on any atom is 0.333 e. The van der Waals surface area contributed by atoms with E-state index < -0.39 is 16.2 Å². The molecule has 3 fully saturated rings. The Morgan fingerprint density at radius 1 is 0.923 bits per heavy atom. The van der Waals surface area contributed by atoms with E-state index in [0.29, 0.717) is 23.1 Å². The maximum absolute atomic E-state index is 13.6. The smallest absolute Gasteiger partial charge is 0.333 e. The van der Waals surface area contributed by atoms with Gasteiger partial charge in [-0.05, 0) is 42.0 Å². The van der Waals surface area contributed by atoms with Gasteiger partial charge in [-0.25, -0.2) is 4.79 Å². The average Bonchev–Trinajstić information content (AvgIpc) is 2.92. The highest BCUT2D eigenvalue weighted by Crippen LogP contribution is 2.37. The number of esters is 1. The molecule has 3 aliphatic heterocycles. The normalized spacial score (nSPS) is 23.0. The second-order valence-electron chi connectivity index (χ2n) is 10.5. The summed E-state index contributed by atoms with van der Waals surface area (Å²) < 4.78 is 34.4. The van der Waals surface area contributed by atoms with Gasteiger partial charge in [0.15, 0.2) is 12.1 Å². The first-order valence-electron chi connectivity index (χ1n) is 13.1. The fourth-order valence-electron chi connectivity index (χ4n) is 5.69. The second-order valence-corrected chi connectivity index (χ2v) is 12.1. The Bertz CT molecular complexity index is 1400. The molecule has 2 atom stereocenters. The van der Waals surface area contributed by atoms with Crippen LogP contribution in [0.3, 0.4) is 0 Å². The number of ketones is 1. The molecule has 3 aromatic carbocycles. The number of Topliss-reactive ketones (excluding diaryl/α,β-unsaturated/α-hetero) is 1. The first-order valence-corrected chi connectivity index (χ1v) is 15.0. The van der Waals surface area contributed by atoms with E-state index in [4.69, 9.17) is 8.92 Å². The topological polar surface area (TPSA) is 98.8 Å². The van der Waals surface area contributed by atoms with Crippen molar-refractivity contribution in [3.63, 3.8) is 0 Å². The SMILES string of the molecule is CS(=O)(=O)Oc1ccc(C(=O)C[N+]23CCC(CC2)C(OC(=O)[C@H](Nc2ccccc2)c2ccccc2)C3)cc1. The number of carbonyl (C=O) groups excluding carboxylic acids is 2. The first kappa shape index (κ1) is 26.9. The summed E-state index contributed by atoms with van der Waals surface area (Å²) in [5.41, 5.74) is 2.16. The quantitative estimate of drug-likeness (QED) is 0.175. The van der Waals surface area contributed by atoms with Crippen LogP contribution < -0.4 is 9.50 Å². The maximum atomic E-state index is 13.6. The van der Waals surface area contributed by atoms with Crippen LogP contribution in [0.25, 0.3) is 0 Å². The zero-order valence-corrected chi connectivity index (χ0v) is 22.7. The molecule has 0 aromatic heterocycles. The summed E-state index contributed by atoms with van der Waals surface area (Å²) in [7, 11) is -3.63. The van der Waals surface area contributed by atoms with Crippen LogP contribution in [0.5, 0.6) is 5.75 Å². The minimum atomic E-state index is -3.63. The van der Waals surface area contributed by atoms with Crippen LogP contribution in [0.2, 0.25) is 0 Å². The predicted octanol–water partition coefficient (Wildman–Crippen LogP) is 4.21. The van der Waals surface area contributed by atoms with Crippen LogP contribution in [0.4, 0.5) is 5.69 Å². The summed E-state index contributed by atoms with van der Waals surface area (Å²) in [6.45, 7) is 2.63. The van der Waals surface area contributed by atoms with Crippen molar-refractivity contribution in [2.75, 3.05) is 37.8 Å². The van der Waals surface area contributed by atoms with Gasteiger partial charge >= 0.3 is 16.1 Å². The fourth-order valence-corrected chi connectivity index (χ4v) is 6.15. The summed E-state index contributed by atoms with van der Waals surface area (Å²) in [4.78, 5) is 26.8. The van der Waals surface area contributed by atoms with Crippen molar-refractivity contribution in [1.82, 2.24) is 0 Å². The van der Waals surface area contributed by atoms with Gasteiger partial charge in [-0.15, -0.1) is 0 Å². The third-order valence-corrected chi connectivity index (χ3v) is 8.16. The number of anilines is 1. The van der Waals surface area contributed by atoms with Gasteiger partial charge in [-0.2, -0.15) is 8.42 Å². The molecule has 0 spiro atoms. The number of quaternary nitrogens is 1. The van der Waals surface area contributed by atoms with E-state index >= 15 is 0 Å². The van der Waals surface area contributed by atoms with E-state index in [1.807, 2.05) is 60.7 Å². The number of benzene rings is 3. The lowest BCUT2D eigenvalue weighted by Gasteiger charge is -2.51. The number of ether oxygens (including phenoxy) is 1. The molecule has 3 heterocycles. The fraction of sp³-hybridized carbons (Fsp3) is 0.333. The predicted molar refractivity (Wildman–Crippen MR) is 148 cm³/mol. The van der Waals surface area contributed by atoms with Gasteiger partial charge in [-0.1, -0.05) is 48.5 Å². The number of rotatable bonds is 10. The van der Waals surface area contributed by atoms with Gasteiger partial charge in [0, 0.05) is 30.0 Å². The van der Waals surface area contributed by atoms with Gasteiger partial charge in [0.05, 0.1) is 19.3 Å². The minimum absolute atomic E-state index is 0.0285. The van der Waals surface area contributed by atoms with Crippen LogP contribution >= 0.6 is 0 Å². The monoisotopic (exact) mass is 549 g/mol. The van der Waals surface area contributed by atoms with Gasteiger partial charge in [0.1, 0.15) is 18.8 Å². The number of nitrogens with one attached hydrogen (secondary N) is 1. The lowest BCUT2D eigenvalue weighted by atomic mass is 9.82. The molecule has 9 heteroatoms. The Kier molecular flexibility index (Phi) is 7.72. The molecule has 0 saturated carbocycles. The third kappa shape index (κ3) is 6.66. The Balaban J connectivity index is 1.27. The number of hydrogen-bond acceptors (Lipinski definition) is 7. The highest BCUT2D eigenvalue weighted by molar-refractivity contribution is 7.86. The standard InChI is InChI=1S/C30H33N2O6S/c1-39(35,36)38-26-14-12-22(13-15-26)27(33)20-32-18-16-23(17-19-32)28(21-32)37-30(34)29(24-8-4-2-5-9-24)31-25-10-6-3-7-11-25/h2-15,23,28-29,31H,16-21H2,1H3/q+1/t23?,28?,29-,32?/m1/s1. The number of piperidine rings is 3. The van der Waals surface area contributed by atoms with Crippen molar-refractivity contribution in [3.8, 4) is 5.75 Å². The van der Waals surface area contributed by atoms with Crippen molar-refractivity contribution in [1.29, 1.82) is 0 Å². The number of fused-ring (bicyclic) bond motifs is 3. The average molecular weight is 550 g/mol. The van der Waals surface area contributed by atoms with E-state index in [1.165, 1.54) is 12.1 Å². The highest BCUT2D eigenvalue weighted by Gasteiger charge is 2.49. The van der Waals surface area contributed by atoms with E-state index in [1.54, 1.807) is 12.1 Å². The Morgan fingerprint density at radius 3 is 2.15 bits per heavy atom. The molecule has 39 heavy (non-hydrogen) atoms. The molecular formula is C30H33N2O6S+. The number of hydrogen-bond donors (Lipinski definition) is 1. The van der Waals surface area contributed by atoms with E-state index in [2.05, 4.69) is 5.32 Å². The highest BCUT2D eigenvalue weighted by atomic mass is 32.2. The molecule has 0 aliphatic carbocycles. The molecule has 3 saturated heterocycles. The minimum Gasteiger partial charge on any atom is -0.454 e.